The maximum Gasteiger partial charge on any atom is 0.163 e. The smallest absolute Gasteiger partial charge is 0.163 e. The molecule has 0 aromatic heterocycles. The Balaban J connectivity index is 1.47. The lowest BCUT2D eigenvalue weighted by Crippen LogP contribution is -2.54. The number of hydrogen-bond donors (Lipinski definition) is 2. The summed E-state index contributed by atoms with van der Waals surface area (Å²) in [5, 5.41) is 14.3. The van der Waals surface area contributed by atoms with Gasteiger partial charge in [0.25, 0.3) is 0 Å². The number of rotatable bonds is 6. The third-order valence-corrected chi connectivity index (χ3v) is 7.32. The topological polar surface area (TPSA) is 57.2 Å². The Morgan fingerprint density at radius 2 is 1.68 bits per heavy atom. The van der Waals surface area contributed by atoms with E-state index in [1.54, 1.807) is 14.2 Å². The minimum Gasteiger partial charge on any atom is -0.493 e. The Kier molecular flexibility index (Phi) is 6.26. The Hall–Kier alpha value is -2.12. The van der Waals surface area contributed by atoms with Crippen LogP contribution in [0.4, 0.5) is 0 Å². The molecule has 1 aliphatic heterocycles. The van der Waals surface area contributed by atoms with Gasteiger partial charge in [-0.15, -0.1) is 0 Å². The van der Waals surface area contributed by atoms with Crippen molar-refractivity contribution in [1.82, 2.24) is 15.1 Å². The van der Waals surface area contributed by atoms with Crippen molar-refractivity contribution in [2.24, 2.45) is 0 Å². The van der Waals surface area contributed by atoms with Gasteiger partial charge in [-0.1, -0.05) is 36.4 Å². The van der Waals surface area contributed by atoms with Crippen LogP contribution in [0.25, 0.3) is 0 Å². The second-order valence-electron chi connectivity index (χ2n) is 9.18. The van der Waals surface area contributed by atoms with Crippen molar-refractivity contribution in [2.75, 3.05) is 34.9 Å². The zero-order chi connectivity index (χ0) is 22.1. The van der Waals surface area contributed by atoms with Gasteiger partial charge in [-0.05, 0) is 63.0 Å². The van der Waals surface area contributed by atoms with E-state index < -0.39 is 6.35 Å². The molecule has 2 aliphatic rings. The predicted molar refractivity (Wildman–Crippen MR) is 122 cm³/mol. The van der Waals surface area contributed by atoms with E-state index in [1.807, 2.05) is 18.2 Å². The lowest BCUT2D eigenvalue weighted by atomic mass is 9.69. The SMILES string of the molecule is COc1ccc(CN2C[C@]3(CC[C@](c4ccccc4)(N(C)C)CC3)NC2O)cc1OC. The molecule has 1 saturated carbocycles. The summed E-state index contributed by atoms with van der Waals surface area (Å²) in [6, 6.07) is 16.8. The summed E-state index contributed by atoms with van der Waals surface area (Å²) in [6.07, 6.45) is 3.54. The molecule has 0 radical (unpaired) electrons. The van der Waals surface area contributed by atoms with Gasteiger partial charge in [-0.3, -0.25) is 15.1 Å². The molecule has 2 aromatic carbocycles. The van der Waals surface area contributed by atoms with E-state index in [2.05, 4.69) is 59.5 Å². The normalized spacial score (nSPS) is 28.9. The van der Waals surface area contributed by atoms with E-state index in [0.29, 0.717) is 12.3 Å². The van der Waals surface area contributed by atoms with Crippen molar-refractivity contribution in [3.05, 3.63) is 59.7 Å². The van der Waals surface area contributed by atoms with E-state index >= 15 is 0 Å². The van der Waals surface area contributed by atoms with E-state index in [1.165, 1.54) is 5.56 Å². The summed E-state index contributed by atoms with van der Waals surface area (Å²) in [6.45, 7) is 1.49. The largest absolute Gasteiger partial charge is 0.493 e. The lowest BCUT2D eigenvalue weighted by Gasteiger charge is -2.49. The number of aliphatic hydroxyl groups is 1. The first-order valence-corrected chi connectivity index (χ1v) is 11.1. The molecule has 0 bridgehead atoms. The third kappa shape index (κ3) is 4.17. The summed E-state index contributed by atoms with van der Waals surface area (Å²) in [4.78, 5) is 4.49. The predicted octanol–water partition coefficient (Wildman–Crippen LogP) is 3.15. The molecular formula is C25H35N3O3. The molecule has 1 saturated heterocycles. The molecule has 6 nitrogen and oxygen atoms in total. The van der Waals surface area contributed by atoms with Crippen LogP contribution in [-0.4, -0.2) is 61.7 Å². The lowest BCUT2D eigenvalue weighted by molar-refractivity contribution is 0.0126. The summed E-state index contributed by atoms with van der Waals surface area (Å²) in [5.74, 6) is 1.43. The molecule has 2 aromatic rings. The number of ether oxygens (including phenoxy) is 2. The standard InChI is InChI=1S/C25H35N3O3/c1-27(2)25(20-8-6-5-7-9-20)14-12-24(13-15-25)18-28(23(29)26-24)17-19-10-11-21(30-3)22(16-19)31-4/h5-11,16,23,26,29H,12-15,17-18H2,1-4H3/t23?,24-,25+. The average Bonchev–Trinajstić information content (AvgIpc) is 3.09. The summed E-state index contributed by atoms with van der Waals surface area (Å²) >= 11 is 0. The third-order valence-electron chi connectivity index (χ3n) is 7.32. The van der Waals surface area contributed by atoms with Crippen LogP contribution in [0.3, 0.4) is 0 Å². The first-order valence-electron chi connectivity index (χ1n) is 11.1. The van der Waals surface area contributed by atoms with Crippen LogP contribution < -0.4 is 14.8 Å². The van der Waals surface area contributed by atoms with E-state index in [9.17, 15) is 5.11 Å². The van der Waals surface area contributed by atoms with Crippen LogP contribution in [0.1, 0.15) is 36.8 Å². The molecule has 1 unspecified atom stereocenters. The van der Waals surface area contributed by atoms with Crippen molar-refractivity contribution in [2.45, 2.75) is 49.7 Å². The average molecular weight is 426 g/mol. The maximum atomic E-state index is 10.8. The number of methoxy groups -OCH3 is 2. The second-order valence-corrected chi connectivity index (χ2v) is 9.18. The van der Waals surface area contributed by atoms with Gasteiger partial charge in [-0.25, -0.2) is 0 Å². The highest BCUT2D eigenvalue weighted by Crippen LogP contribution is 2.46. The first-order chi connectivity index (χ1) is 14.9. The Morgan fingerprint density at radius 3 is 2.29 bits per heavy atom. The van der Waals surface area contributed by atoms with Crippen LogP contribution in [0.15, 0.2) is 48.5 Å². The number of nitrogens with zero attached hydrogens (tertiary/aromatic N) is 2. The quantitative estimate of drug-likeness (QED) is 0.742. The van der Waals surface area contributed by atoms with Gasteiger partial charge in [-0.2, -0.15) is 0 Å². The van der Waals surface area contributed by atoms with E-state index in [-0.39, 0.29) is 11.1 Å². The first kappa shape index (κ1) is 22.1. The fourth-order valence-electron chi connectivity index (χ4n) is 5.43. The van der Waals surface area contributed by atoms with Crippen LogP contribution in [0.2, 0.25) is 0 Å². The highest BCUT2D eigenvalue weighted by molar-refractivity contribution is 5.43. The van der Waals surface area contributed by atoms with Crippen molar-refractivity contribution in [3.63, 3.8) is 0 Å². The molecule has 1 aliphatic carbocycles. The molecule has 31 heavy (non-hydrogen) atoms. The van der Waals surface area contributed by atoms with Gasteiger partial charge in [0.2, 0.25) is 0 Å². The van der Waals surface area contributed by atoms with Crippen LogP contribution in [-0.2, 0) is 12.1 Å². The van der Waals surface area contributed by atoms with Gasteiger partial charge < -0.3 is 14.6 Å². The van der Waals surface area contributed by atoms with Crippen LogP contribution in [0.5, 0.6) is 11.5 Å². The van der Waals surface area contributed by atoms with Gasteiger partial charge in [0.15, 0.2) is 17.9 Å². The Labute approximate surface area is 185 Å². The van der Waals surface area contributed by atoms with Gasteiger partial charge in [0.05, 0.1) is 14.2 Å². The fourth-order valence-corrected chi connectivity index (χ4v) is 5.43. The van der Waals surface area contributed by atoms with E-state index in [0.717, 1.165) is 43.5 Å². The molecule has 6 heteroatoms. The number of hydrogen-bond acceptors (Lipinski definition) is 6. The minimum atomic E-state index is -0.642. The molecule has 2 N–H and O–H groups in total. The fraction of sp³-hybridized carbons (Fsp3) is 0.520. The second kappa shape index (κ2) is 8.79. The van der Waals surface area contributed by atoms with Gasteiger partial charge >= 0.3 is 0 Å². The molecule has 2 fully saturated rings. The van der Waals surface area contributed by atoms with Crippen molar-refractivity contribution in [3.8, 4) is 11.5 Å². The maximum absolute atomic E-state index is 10.8. The number of benzene rings is 2. The number of nitrogens with one attached hydrogen (secondary N) is 1. The highest BCUT2D eigenvalue weighted by atomic mass is 16.5. The molecule has 1 spiro atoms. The monoisotopic (exact) mass is 425 g/mol. The van der Waals surface area contributed by atoms with Crippen molar-refractivity contribution >= 4 is 0 Å². The summed E-state index contributed by atoms with van der Waals surface area (Å²) in [5.41, 5.74) is 2.48. The van der Waals surface area contributed by atoms with Crippen LogP contribution in [0, 0.1) is 0 Å². The zero-order valence-corrected chi connectivity index (χ0v) is 19.1. The zero-order valence-electron chi connectivity index (χ0n) is 19.1. The van der Waals surface area contributed by atoms with Gasteiger partial charge in [0.1, 0.15) is 0 Å². The molecule has 1 heterocycles. The summed E-state index contributed by atoms with van der Waals surface area (Å²) < 4.78 is 10.8. The molecule has 1 atom stereocenters. The summed E-state index contributed by atoms with van der Waals surface area (Å²) in [7, 11) is 7.66. The molecule has 168 valence electrons. The van der Waals surface area contributed by atoms with Crippen LogP contribution >= 0.6 is 0 Å². The Morgan fingerprint density at radius 1 is 1.00 bits per heavy atom. The number of aliphatic hydroxyl groups excluding tert-OH is 1. The molecule has 0 amide bonds. The Bertz CT molecular complexity index is 879. The minimum absolute atomic E-state index is 0.0513. The van der Waals surface area contributed by atoms with Gasteiger partial charge in [0, 0.05) is 24.2 Å². The van der Waals surface area contributed by atoms with E-state index in [4.69, 9.17) is 9.47 Å². The highest BCUT2D eigenvalue weighted by Gasteiger charge is 2.49. The van der Waals surface area contributed by atoms with Crippen molar-refractivity contribution in [1.29, 1.82) is 0 Å². The molecular weight excluding hydrogens is 390 g/mol. The van der Waals surface area contributed by atoms with Crippen molar-refractivity contribution < 1.29 is 14.6 Å². The molecule has 4 rings (SSSR count).